The van der Waals surface area contributed by atoms with E-state index >= 15 is 0 Å². The first-order valence-electron chi connectivity index (χ1n) is 10.7. The Morgan fingerprint density at radius 1 is 0.903 bits per heavy atom. The third-order valence-corrected chi connectivity index (χ3v) is 5.01. The molecule has 0 radical (unpaired) electrons. The average molecular weight is 420 g/mol. The zero-order valence-corrected chi connectivity index (χ0v) is 18.3. The van der Waals surface area contributed by atoms with Crippen LogP contribution in [0.25, 0.3) is 0 Å². The fourth-order valence-electron chi connectivity index (χ4n) is 3.36. The van der Waals surface area contributed by atoms with E-state index in [0.29, 0.717) is 37.7 Å². The van der Waals surface area contributed by atoms with Crippen molar-refractivity contribution in [2.24, 2.45) is 0 Å². The standard InChI is InChI=1S/C27H30FNO2/c1-4-7-23-16-22(18-29-25-14-10-20(5-2)11-15-25)17-26(30-6-3)27(23)31-19-21-8-12-24(28)13-9-21/h4,8-17,29H,1,5-7,18-19H2,2-3H3. The van der Waals surface area contributed by atoms with E-state index in [0.717, 1.165) is 28.8 Å². The maximum atomic E-state index is 13.2. The minimum atomic E-state index is -0.257. The molecule has 3 aromatic carbocycles. The monoisotopic (exact) mass is 419 g/mol. The summed E-state index contributed by atoms with van der Waals surface area (Å²) in [7, 11) is 0. The zero-order valence-electron chi connectivity index (χ0n) is 18.3. The van der Waals surface area contributed by atoms with Gasteiger partial charge in [-0.15, -0.1) is 6.58 Å². The number of benzene rings is 3. The predicted molar refractivity (Wildman–Crippen MR) is 125 cm³/mol. The van der Waals surface area contributed by atoms with Crippen LogP contribution in [0.15, 0.2) is 73.3 Å². The number of ether oxygens (including phenoxy) is 2. The minimum Gasteiger partial charge on any atom is -0.490 e. The molecule has 0 atom stereocenters. The van der Waals surface area contributed by atoms with Crippen LogP contribution in [0.3, 0.4) is 0 Å². The lowest BCUT2D eigenvalue weighted by Crippen LogP contribution is -2.06. The molecule has 0 aliphatic rings. The molecule has 0 amide bonds. The number of allylic oxidation sites excluding steroid dienone is 1. The molecule has 0 aliphatic carbocycles. The lowest BCUT2D eigenvalue weighted by atomic mass is 10.0. The first kappa shape index (κ1) is 22.4. The van der Waals surface area contributed by atoms with E-state index in [1.165, 1.54) is 17.7 Å². The second kappa shape index (κ2) is 11.2. The molecule has 0 unspecified atom stereocenters. The highest BCUT2D eigenvalue weighted by atomic mass is 19.1. The highest BCUT2D eigenvalue weighted by molar-refractivity contribution is 5.52. The quantitative estimate of drug-likeness (QED) is 0.351. The van der Waals surface area contributed by atoms with Gasteiger partial charge < -0.3 is 14.8 Å². The van der Waals surface area contributed by atoms with Crippen LogP contribution in [0, 0.1) is 5.82 Å². The second-order valence-corrected chi connectivity index (χ2v) is 7.33. The van der Waals surface area contributed by atoms with Gasteiger partial charge in [0.25, 0.3) is 0 Å². The van der Waals surface area contributed by atoms with Gasteiger partial charge in [-0.25, -0.2) is 4.39 Å². The van der Waals surface area contributed by atoms with E-state index in [1.54, 1.807) is 12.1 Å². The van der Waals surface area contributed by atoms with Crippen molar-refractivity contribution in [1.29, 1.82) is 0 Å². The second-order valence-electron chi connectivity index (χ2n) is 7.33. The van der Waals surface area contributed by atoms with Crippen molar-refractivity contribution in [3.05, 3.63) is 101 Å². The summed E-state index contributed by atoms with van der Waals surface area (Å²) in [5, 5.41) is 3.48. The molecule has 0 saturated carbocycles. The molecule has 3 rings (SSSR count). The van der Waals surface area contributed by atoms with Crippen LogP contribution >= 0.6 is 0 Å². The van der Waals surface area contributed by atoms with Gasteiger partial charge in [-0.1, -0.05) is 37.3 Å². The molecule has 31 heavy (non-hydrogen) atoms. The largest absolute Gasteiger partial charge is 0.490 e. The van der Waals surface area contributed by atoms with Crippen LogP contribution in [0.4, 0.5) is 10.1 Å². The van der Waals surface area contributed by atoms with E-state index in [2.05, 4.69) is 49.2 Å². The number of anilines is 1. The molecule has 3 aromatic rings. The van der Waals surface area contributed by atoms with Gasteiger partial charge in [0.2, 0.25) is 0 Å². The zero-order chi connectivity index (χ0) is 22.1. The van der Waals surface area contributed by atoms with Gasteiger partial charge in [-0.05, 0) is 72.9 Å². The van der Waals surface area contributed by atoms with Gasteiger partial charge in [0, 0.05) is 17.8 Å². The van der Waals surface area contributed by atoms with Crippen molar-refractivity contribution >= 4 is 5.69 Å². The fraction of sp³-hybridized carbons (Fsp3) is 0.259. The van der Waals surface area contributed by atoms with Gasteiger partial charge in [0.05, 0.1) is 6.61 Å². The average Bonchev–Trinajstić information content (AvgIpc) is 2.79. The predicted octanol–water partition coefficient (Wildman–Crippen LogP) is 6.71. The summed E-state index contributed by atoms with van der Waals surface area (Å²) in [6, 6.07) is 19.0. The lowest BCUT2D eigenvalue weighted by Gasteiger charge is -2.18. The Kier molecular flexibility index (Phi) is 8.11. The highest BCUT2D eigenvalue weighted by Gasteiger charge is 2.14. The van der Waals surface area contributed by atoms with Crippen molar-refractivity contribution in [2.75, 3.05) is 11.9 Å². The van der Waals surface area contributed by atoms with Crippen molar-refractivity contribution in [3.8, 4) is 11.5 Å². The molecule has 162 valence electrons. The molecular weight excluding hydrogens is 389 g/mol. The molecule has 0 spiro atoms. The van der Waals surface area contributed by atoms with Crippen LogP contribution in [0.2, 0.25) is 0 Å². The van der Waals surface area contributed by atoms with Crippen molar-refractivity contribution in [2.45, 2.75) is 39.8 Å². The summed E-state index contributed by atoms with van der Waals surface area (Å²) in [5.74, 6) is 1.16. The summed E-state index contributed by atoms with van der Waals surface area (Å²) >= 11 is 0. The number of hydrogen-bond acceptors (Lipinski definition) is 3. The third kappa shape index (κ3) is 6.35. The Morgan fingerprint density at radius 2 is 1.61 bits per heavy atom. The topological polar surface area (TPSA) is 30.5 Å². The molecule has 0 aromatic heterocycles. The van der Waals surface area contributed by atoms with E-state index in [9.17, 15) is 4.39 Å². The maximum Gasteiger partial charge on any atom is 0.165 e. The molecule has 3 nitrogen and oxygen atoms in total. The minimum absolute atomic E-state index is 0.257. The molecule has 4 heteroatoms. The van der Waals surface area contributed by atoms with E-state index < -0.39 is 0 Å². The Morgan fingerprint density at radius 3 is 2.26 bits per heavy atom. The summed E-state index contributed by atoms with van der Waals surface area (Å²) < 4.78 is 25.2. The number of halogens is 1. The van der Waals surface area contributed by atoms with E-state index in [-0.39, 0.29) is 5.82 Å². The van der Waals surface area contributed by atoms with E-state index in [4.69, 9.17) is 9.47 Å². The Hall–Kier alpha value is -3.27. The Labute approximate surface area is 184 Å². The van der Waals surface area contributed by atoms with Crippen LogP contribution < -0.4 is 14.8 Å². The highest BCUT2D eigenvalue weighted by Crippen LogP contribution is 2.35. The fourth-order valence-corrected chi connectivity index (χ4v) is 3.36. The summed E-state index contributed by atoms with van der Waals surface area (Å²) in [5.41, 5.74) is 5.42. The summed E-state index contributed by atoms with van der Waals surface area (Å²) in [6.45, 7) is 9.54. The van der Waals surface area contributed by atoms with Gasteiger partial charge in [0.15, 0.2) is 11.5 Å². The Balaban J connectivity index is 1.80. The van der Waals surface area contributed by atoms with Gasteiger partial charge in [0.1, 0.15) is 12.4 Å². The number of nitrogens with one attached hydrogen (secondary N) is 1. The maximum absolute atomic E-state index is 13.2. The van der Waals surface area contributed by atoms with Crippen LogP contribution in [-0.2, 0) is 26.0 Å². The number of aryl methyl sites for hydroxylation is 1. The third-order valence-electron chi connectivity index (χ3n) is 5.01. The molecule has 0 bridgehead atoms. The Bertz CT molecular complexity index is 981. The van der Waals surface area contributed by atoms with Crippen LogP contribution in [0.1, 0.15) is 36.1 Å². The van der Waals surface area contributed by atoms with Crippen LogP contribution in [-0.4, -0.2) is 6.61 Å². The normalized spacial score (nSPS) is 10.5. The number of rotatable bonds is 11. The van der Waals surface area contributed by atoms with Gasteiger partial charge in [-0.2, -0.15) is 0 Å². The van der Waals surface area contributed by atoms with Crippen LogP contribution in [0.5, 0.6) is 11.5 Å². The molecule has 0 aliphatic heterocycles. The van der Waals surface area contributed by atoms with Gasteiger partial charge >= 0.3 is 0 Å². The number of hydrogen-bond donors (Lipinski definition) is 1. The summed E-state index contributed by atoms with van der Waals surface area (Å²) in [6.07, 6.45) is 3.55. The van der Waals surface area contributed by atoms with Crippen molar-refractivity contribution in [3.63, 3.8) is 0 Å². The summed E-state index contributed by atoms with van der Waals surface area (Å²) in [4.78, 5) is 0. The molecule has 1 N–H and O–H groups in total. The smallest absolute Gasteiger partial charge is 0.165 e. The van der Waals surface area contributed by atoms with Gasteiger partial charge in [-0.3, -0.25) is 0 Å². The SMILES string of the molecule is C=CCc1cc(CNc2ccc(CC)cc2)cc(OCC)c1OCc1ccc(F)cc1. The first-order chi connectivity index (χ1) is 15.1. The lowest BCUT2D eigenvalue weighted by molar-refractivity contribution is 0.267. The molecule has 0 heterocycles. The molecule has 0 saturated heterocycles. The van der Waals surface area contributed by atoms with Crippen molar-refractivity contribution < 1.29 is 13.9 Å². The first-order valence-corrected chi connectivity index (χ1v) is 10.7. The van der Waals surface area contributed by atoms with E-state index in [1.807, 2.05) is 19.1 Å². The molecular formula is C27H30FNO2. The molecule has 0 fully saturated rings. The van der Waals surface area contributed by atoms with Crippen molar-refractivity contribution in [1.82, 2.24) is 0 Å².